The number of fused-ring (bicyclic) bond motifs is 1. The number of hydrogen-bond donors (Lipinski definition) is 1. The molecule has 0 aliphatic carbocycles. The number of carbonyl (C=O) groups is 2. The summed E-state index contributed by atoms with van der Waals surface area (Å²) >= 11 is 1.45. The fourth-order valence-electron chi connectivity index (χ4n) is 3.67. The van der Waals surface area contributed by atoms with Gasteiger partial charge in [0.1, 0.15) is 22.1 Å². The molecule has 0 saturated carbocycles. The van der Waals surface area contributed by atoms with Crippen molar-refractivity contribution in [2.45, 2.75) is 19.0 Å². The number of methoxy groups -OCH3 is 1. The van der Waals surface area contributed by atoms with Gasteiger partial charge in [-0.1, -0.05) is 30.3 Å². The van der Waals surface area contributed by atoms with Crippen LogP contribution in [-0.2, 0) is 16.9 Å². The van der Waals surface area contributed by atoms with Crippen molar-refractivity contribution in [2.75, 3.05) is 7.11 Å². The Labute approximate surface area is 182 Å². The molecular formula is C23H19N3O4S. The summed E-state index contributed by atoms with van der Waals surface area (Å²) in [4.78, 5) is 31.7. The minimum atomic E-state index is -1.26. The Morgan fingerprint density at radius 2 is 2.00 bits per heavy atom. The maximum Gasteiger partial charge on any atom is 0.325 e. The lowest BCUT2D eigenvalue weighted by molar-refractivity contribution is -0.132. The van der Waals surface area contributed by atoms with Gasteiger partial charge in [-0.05, 0) is 31.2 Å². The highest BCUT2D eigenvalue weighted by Gasteiger charge is 2.51. The lowest BCUT2D eigenvalue weighted by Crippen LogP contribution is -2.40. The largest absolute Gasteiger partial charge is 0.497 e. The molecule has 1 saturated heterocycles. The van der Waals surface area contributed by atoms with E-state index in [4.69, 9.17) is 9.15 Å². The molecule has 0 radical (unpaired) electrons. The number of imide groups is 1. The number of rotatable bonds is 5. The van der Waals surface area contributed by atoms with Gasteiger partial charge in [-0.3, -0.25) is 9.69 Å². The second-order valence-electron chi connectivity index (χ2n) is 7.47. The van der Waals surface area contributed by atoms with E-state index in [1.165, 1.54) is 16.2 Å². The van der Waals surface area contributed by atoms with E-state index in [9.17, 15) is 9.59 Å². The highest BCUT2D eigenvalue weighted by atomic mass is 32.1. The second-order valence-corrected chi connectivity index (χ2v) is 8.33. The van der Waals surface area contributed by atoms with Crippen LogP contribution < -0.4 is 10.1 Å². The third-order valence-electron chi connectivity index (χ3n) is 5.38. The highest BCUT2D eigenvalue weighted by molar-refractivity contribution is 7.13. The van der Waals surface area contributed by atoms with Crippen LogP contribution in [0.25, 0.3) is 21.5 Å². The van der Waals surface area contributed by atoms with Crippen molar-refractivity contribution in [1.29, 1.82) is 0 Å². The molecule has 5 rings (SSSR count). The summed E-state index contributed by atoms with van der Waals surface area (Å²) in [6, 6.07) is 16.4. The van der Waals surface area contributed by atoms with Gasteiger partial charge in [0.05, 0.1) is 19.3 Å². The zero-order chi connectivity index (χ0) is 21.6. The summed E-state index contributed by atoms with van der Waals surface area (Å²) in [6.07, 6.45) is 0. The van der Waals surface area contributed by atoms with Crippen molar-refractivity contribution < 1.29 is 18.7 Å². The molecule has 1 N–H and O–H groups in total. The van der Waals surface area contributed by atoms with Crippen LogP contribution in [0, 0.1) is 0 Å². The third kappa shape index (κ3) is 3.25. The van der Waals surface area contributed by atoms with E-state index < -0.39 is 11.6 Å². The highest BCUT2D eigenvalue weighted by Crippen LogP contribution is 2.34. The maximum absolute atomic E-state index is 13.2. The quantitative estimate of drug-likeness (QED) is 0.468. The van der Waals surface area contributed by atoms with Gasteiger partial charge in [0, 0.05) is 16.3 Å². The number of urea groups is 1. The Kier molecular flexibility index (Phi) is 4.51. The molecule has 1 atom stereocenters. The van der Waals surface area contributed by atoms with Crippen LogP contribution in [0.2, 0.25) is 0 Å². The summed E-state index contributed by atoms with van der Waals surface area (Å²) in [5.41, 5.74) is 0.962. The van der Waals surface area contributed by atoms with Crippen molar-refractivity contribution >= 4 is 34.2 Å². The molecule has 2 aromatic carbocycles. The predicted octanol–water partition coefficient (Wildman–Crippen LogP) is 4.53. The summed E-state index contributed by atoms with van der Waals surface area (Å²) in [6.45, 7) is 1.74. The molecule has 7 nitrogen and oxygen atoms in total. The summed E-state index contributed by atoms with van der Waals surface area (Å²) in [5, 5.41) is 6.31. The average Bonchev–Trinajstić information content (AvgIpc) is 3.48. The molecule has 156 valence electrons. The Hall–Kier alpha value is -3.65. The first-order chi connectivity index (χ1) is 15.0. The van der Waals surface area contributed by atoms with Gasteiger partial charge >= 0.3 is 6.03 Å². The van der Waals surface area contributed by atoms with Crippen molar-refractivity contribution in [2.24, 2.45) is 0 Å². The van der Waals surface area contributed by atoms with Crippen molar-refractivity contribution in [3.05, 3.63) is 71.4 Å². The smallest absolute Gasteiger partial charge is 0.325 e. The van der Waals surface area contributed by atoms with Crippen LogP contribution in [0.5, 0.6) is 5.75 Å². The van der Waals surface area contributed by atoms with Gasteiger partial charge in [-0.15, -0.1) is 11.3 Å². The number of aromatic nitrogens is 1. The number of thiazole rings is 1. The molecule has 2 aromatic heterocycles. The normalized spacial score (nSPS) is 18.6. The fourth-order valence-corrected chi connectivity index (χ4v) is 4.47. The first-order valence-corrected chi connectivity index (χ1v) is 10.6. The molecule has 1 aliphatic heterocycles. The standard InChI is InChI=1S/C23H19N3O4S/c1-23(19-11-14-6-3-4-9-18(14)30-19)21(27)26(22(28)25-23)12-16-13-31-20(24-16)15-7-5-8-17(10-15)29-2/h3-11,13H,12H2,1-2H3,(H,25,28). The first kappa shape index (κ1) is 19.3. The predicted molar refractivity (Wildman–Crippen MR) is 117 cm³/mol. The molecule has 31 heavy (non-hydrogen) atoms. The van der Waals surface area contributed by atoms with Gasteiger partial charge in [0.25, 0.3) is 5.91 Å². The number of amides is 3. The number of nitrogens with one attached hydrogen (secondary N) is 1. The molecule has 1 fully saturated rings. The fraction of sp³-hybridized carbons (Fsp3) is 0.174. The number of para-hydroxylation sites is 1. The number of carbonyl (C=O) groups excluding carboxylic acids is 2. The Morgan fingerprint density at radius 3 is 2.81 bits per heavy atom. The molecule has 3 amide bonds. The average molecular weight is 433 g/mol. The minimum absolute atomic E-state index is 0.0843. The van der Waals surface area contributed by atoms with E-state index in [2.05, 4.69) is 10.3 Å². The van der Waals surface area contributed by atoms with E-state index in [-0.39, 0.29) is 12.5 Å². The number of furan rings is 1. The molecule has 0 spiro atoms. The van der Waals surface area contributed by atoms with Crippen LogP contribution in [0.1, 0.15) is 18.4 Å². The van der Waals surface area contributed by atoms with Gasteiger partial charge in [-0.2, -0.15) is 0 Å². The molecule has 1 unspecified atom stereocenters. The lowest BCUT2D eigenvalue weighted by atomic mass is 9.99. The minimum Gasteiger partial charge on any atom is -0.497 e. The molecule has 8 heteroatoms. The summed E-state index contributed by atoms with van der Waals surface area (Å²) in [5.74, 6) is 0.780. The van der Waals surface area contributed by atoms with Crippen molar-refractivity contribution in [3.8, 4) is 16.3 Å². The number of nitrogens with zero attached hydrogens (tertiary/aromatic N) is 2. The van der Waals surface area contributed by atoms with E-state index in [0.717, 1.165) is 21.7 Å². The topological polar surface area (TPSA) is 84.7 Å². The third-order valence-corrected chi connectivity index (χ3v) is 6.32. The zero-order valence-corrected chi connectivity index (χ0v) is 17.7. The van der Waals surface area contributed by atoms with Crippen LogP contribution in [0.15, 0.2) is 64.4 Å². The Bertz CT molecular complexity index is 1280. The van der Waals surface area contributed by atoms with Crippen LogP contribution in [0.3, 0.4) is 0 Å². The zero-order valence-electron chi connectivity index (χ0n) is 16.9. The summed E-state index contributed by atoms with van der Waals surface area (Å²) in [7, 11) is 1.61. The lowest BCUT2D eigenvalue weighted by Gasteiger charge is -2.18. The van der Waals surface area contributed by atoms with E-state index in [1.807, 2.05) is 53.9 Å². The Balaban J connectivity index is 1.40. The van der Waals surface area contributed by atoms with Gasteiger partial charge in [0.15, 0.2) is 5.54 Å². The van der Waals surface area contributed by atoms with Gasteiger partial charge in [0.2, 0.25) is 0 Å². The van der Waals surface area contributed by atoms with Gasteiger partial charge < -0.3 is 14.5 Å². The molecular weight excluding hydrogens is 414 g/mol. The number of ether oxygens (including phenoxy) is 1. The molecule has 3 heterocycles. The summed E-state index contributed by atoms with van der Waals surface area (Å²) < 4.78 is 11.1. The van der Waals surface area contributed by atoms with E-state index in [1.54, 1.807) is 20.1 Å². The maximum atomic E-state index is 13.2. The first-order valence-electron chi connectivity index (χ1n) is 9.70. The second kappa shape index (κ2) is 7.24. The number of hydrogen-bond acceptors (Lipinski definition) is 6. The van der Waals surface area contributed by atoms with Gasteiger partial charge in [-0.25, -0.2) is 9.78 Å². The van der Waals surface area contributed by atoms with E-state index >= 15 is 0 Å². The van der Waals surface area contributed by atoms with E-state index in [0.29, 0.717) is 17.0 Å². The molecule has 0 bridgehead atoms. The van der Waals surface area contributed by atoms with Crippen molar-refractivity contribution in [3.63, 3.8) is 0 Å². The van der Waals surface area contributed by atoms with Crippen LogP contribution in [-0.4, -0.2) is 28.9 Å². The van der Waals surface area contributed by atoms with Crippen molar-refractivity contribution in [1.82, 2.24) is 15.2 Å². The van der Waals surface area contributed by atoms with Crippen LogP contribution >= 0.6 is 11.3 Å². The molecule has 4 aromatic rings. The number of benzene rings is 2. The molecule has 1 aliphatic rings. The monoisotopic (exact) mass is 433 g/mol. The Morgan fingerprint density at radius 1 is 1.16 bits per heavy atom. The van der Waals surface area contributed by atoms with Crippen LogP contribution in [0.4, 0.5) is 4.79 Å². The SMILES string of the molecule is COc1cccc(-c2nc(CN3C(=O)NC(C)(c4cc5ccccc5o4)C3=O)cs2)c1.